The first kappa shape index (κ1) is 13.2. The highest BCUT2D eigenvalue weighted by Gasteiger charge is 2.22. The third-order valence-electron chi connectivity index (χ3n) is 3.53. The monoisotopic (exact) mass is 233 g/mol. The maximum absolute atomic E-state index is 3.50. The van der Waals surface area contributed by atoms with Crippen molar-refractivity contribution in [2.24, 2.45) is 5.92 Å². The molecule has 2 heterocycles. The standard InChI is InChI=1S/C11H23N3.ClH/c1-10-7-13-5-6-14(10)9-11-3-2-4-12-8-11;/h10-13H,2-9H2,1H3;1H. The van der Waals surface area contributed by atoms with Crippen LogP contribution in [0.4, 0.5) is 0 Å². The van der Waals surface area contributed by atoms with Crippen LogP contribution in [0, 0.1) is 5.92 Å². The van der Waals surface area contributed by atoms with Gasteiger partial charge in [-0.3, -0.25) is 4.90 Å². The molecular weight excluding hydrogens is 210 g/mol. The molecule has 0 aromatic carbocycles. The molecular formula is C11H24ClN3. The van der Waals surface area contributed by atoms with Crippen molar-refractivity contribution >= 4 is 12.4 Å². The van der Waals surface area contributed by atoms with E-state index in [0.29, 0.717) is 0 Å². The molecule has 2 atom stereocenters. The summed E-state index contributed by atoms with van der Waals surface area (Å²) < 4.78 is 0. The van der Waals surface area contributed by atoms with Crippen molar-refractivity contribution in [3.05, 3.63) is 0 Å². The highest BCUT2D eigenvalue weighted by atomic mass is 35.5. The second-order valence-corrected chi connectivity index (χ2v) is 4.76. The van der Waals surface area contributed by atoms with Gasteiger partial charge in [-0.15, -0.1) is 12.4 Å². The van der Waals surface area contributed by atoms with E-state index in [1.54, 1.807) is 0 Å². The fourth-order valence-corrected chi connectivity index (χ4v) is 2.57. The van der Waals surface area contributed by atoms with Gasteiger partial charge in [0, 0.05) is 32.2 Å². The summed E-state index contributed by atoms with van der Waals surface area (Å²) in [7, 11) is 0. The zero-order chi connectivity index (χ0) is 9.80. The zero-order valence-corrected chi connectivity index (χ0v) is 10.5. The average molecular weight is 234 g/mol. The number of nitrogens with one attached hydrogen (secondary N) is 2. The first-order chi connectivity index (χ1) is 6.86. The van der Waals surface area contributed by atoms with Crippen molar-refractivity contribution in [1.29, 1.82) is 0 Å². The summed E-state index contributed by atoms with van der Waals surface area (Å²) >= 11 is 0. The molecule has 90 valence electrons. The van der Waals surface area contributed by atoms with Crippen LogP contribution in [0.25, 0.3) is 0 Å². The molecule has 2 rings (SSSR count). The van der Waals surface area contributed by atoms with Crippen molar-refractivity contribution in [2.75, 3.05) is 39.3 Å². The quantitative estimate of drug-likeness (QED) is 0.736. The molecule has 2 unspecified atom stereocenters. The molecule has 0 spiro atoms. The fourth-order valence-electron chi connectivity index (χ4n) is 2.57. The van der Waals surface area contributed by atoms with Crippen LogP contribution in [0.15, 0.2) is 0 Å². The first-order valence-electron chi connectivity index (χ1n) is 6.02. The van der Waals surface area contributed by atoms with Gasteiger partial charge in [-0.1, -0.05) is 0 Å². The SMILES string of the molecule is CC1CNCCN1CC1CCCNC1.Cl. The van der Waals surface area contributed by atoms with E-state index in [2.05, 4.69) is 22.5 Å². The summed E-state index contributed by atoms with van der Waals surface area (Å²) in [6.07, 6.45) is 2.79. The van der Waals surface area contributed by atoms with Crippen LogP contribution in [0.5, 0.6) is 0 Å². The molecule has 4 heteroatoms. The molecule has 0 saturated carbocycles. The molecule has 15 heavy (non-hydrogen) atoms. The minimum absolute atomic E-state index is 0. The molecule has 0 amide bonds. The summed E-state index contributed by atoms with van der Waals surface area (Å²) in [5.41, 5.74) is 0. The summed E-state index contributed by atoms with van der Waals surface area (Å²) in [6.45, 7) is 9.67. The summed E-state index contributed by atoms with van der Waals surface area (Å²) in [6, 6.07) is 0.727. The van der Waals surface area contributed by atoms with Gasteiger partial charge in [0.1, 0.15) is 0 Å². The maximum atomic E-state index is 3.50. The minimum Gasteiger partial charge on any atom is -0.316 e. The van der Waals surface area contributed by atoms with E-state index in [9.17, 15) is 0 Å². The second kappa shape index (κ2) is 6.69. The predicted octanol–water partition coefficient (Wildman–Crippen LogP) is 0.701. The Morgan fingerprint density at radius 1 is 1.20 bits per heavy atom. The molecule has 3 nitrogen and oxygen atoms in total. The maximum Gasteiger partial charge on any atom is 0.0193 e. The van der Waals surface area contributed by atoms with E-state index in [4.69, 9.17) is 0 Å². The van der Waals surface area contributed by atoms with Crippen LogP contribution in [-0.4, -0.2) is 50.2 Å². The Kier molecular flexibility index (Phi) is 5.90. The molecule has 2 aliphatic rings. The molecule has 2 aliphatic heterocycles. The van der Waals surface area contributed by atoms with Crippen LogP contribution in [0.1, 0.15) is 19.8 Å². The number of hydrogen-bond acceptors (Lipinski definition) is 3. The smallest absolute Gasteiger partial charge is 0.0193 e. The van der Waals surface area contributed by atoms with E-state index >= 15 is 0 Å². The Morgan fingerprint density at radius 2 is 2.00 bits per heavy atom. The van der Waals surface area contributed by atoms with Crippen LogP contribution in [0.3, 0.4) is 0 Å². The van der Waals surface area contributed by atoms with Gasteiger partial charge >= 0.3 is 0 Å². The van der Waals surface area contributed by atoms with Gasteiger partial charge in [0.05, 0.1) is 0 Å². The minimum atomic E-state index is 0. The highest BCUT2D eigenvalue weighted by Crippen LogP contribution is 2.14. The van der Waals surface area contributed by atoms with Crippen molar-refractivity contribution < 1.29 is 0 Å². The second-order valence-electron chi connectivity index (χ2n) is 4.76. The van der Waals surface area contributed by atoms with E-state index in [-0.39, 0.29) is 12.4 Å². The Bertz CT molecular complexity index is 171. The molecule has 2 saturated heterocycles. The largest absolute Gasteiger partial charge is 0.316 e. The Labute approximate surface area is 99.4 Å². The molecule has 0 aromatic heterocycles. The summed E-state index contributed by atoms with van der Waals surface area (Å²) in [5, 5.41) is 6.94. The third kappa shape index (κ3) is 3.91. The lowest BCUT2D eigenvalue weighted by molar-refractivity contribution is 0.137. The molecule has 0 radical (unpaired) electrons. The van der Waals surface area contributed by atoms with E-state index in [1.807, 2.05) is 0 Å². The number of piperazine rings is 1. The molecule has 0 bridgehead atoms. The number of halogens is 1. The molecule has 2 N–H and O–H groups in total. The van der Waals surface area contributed by atoms with Crippen molar-refractivity contribution in [3.8, 4) is 0 Å². The molecule has 2 fully saturated rings. The third-order valence-corrected chi connectivity index (χ3v) is 3.53. The van der Waals surface area contributed by atoms with Crippen molar-refractivity contribution in [3.63, 3.8) is 0 Å². The first-order valence-corrected chi connectivity index (χ1v) is 6.02. The molecule has 0 aliphatic carbocycles. The summed E-state index contributed by atoms with van der Waals surface area (Å²) in [5.74, 6) is 0.893. The number of hydrogen-bond donors (Lipinski definition) is 2. The lowest BCUT2D eigenvalue weighted by atomic mass is 9.98. The van der Waals surface area contributed by atoms with Gasteiger partial charge in [-0.25, -0.2) is 0 Å². The van der Waals surface area contributed by atoms with Crippen LogP contribution in [-0.2, 0) is 0 Å². The lowest BCUT2D eigenvalue weighted by Gasteiger charge is -2.37. The topological polar surface area (TPSA) is 27.3 Å². The van der Waals surface area contributed by atoms with Gasteiger partial charge in [-0.05, 0) is 38.8 Å². The van der Waals surface area contributed by atoms with Crippen LogP contribution < -0.4 is 10.6 Å². The predicted molar refractivity (Wildman–Crippen MR) is 66.7 cm³/mol. The zero-order valence-electron chi connectivity index (χ0n) is 9.67. The fraction of sp³-hybridized carbons (Fsp3) is 1.00. The number of piperidine rings is 1. The van der Waals surface area contributed by atoms with E-state index in [0.717, 1.165) is 12.0 Å². The van der Waals surface area contributed by atoms with Gasteiger partial charge in [-0.2, -0.15) is 0 Å². The van der Waals surface area contributed by atoms with Crippen LogP contribution >= 0.6 is 12.4 Å². The number of rotatable bonds is 2. The van der Waals surface area contributed by atoms with Gasteiger partial charge in [0.25, 0.3) is 0 Å². The molecule has 0 aromatic rings. The highest BCUT2D eigenvalue weighted by molar-refractivity contribution is 5.85. The van der Waals surface area contributed by atoms with E-state index < -0.39 is 0 Å². The van der Waals surface area contributed by atoms with Gasteiger partial charge in [0.2, 0.25) is 0 Å². The summed E-state index contributed by atoms with van der Waals surface area (Å²) in [4.78, 5) is 2.65. The van der Waals surface area contributed by atoms with Crippen molar-refractivity contribution in [1.82, 2.24) is 15.5 Å². The van der Waals surface area contributed by atoms with Crippen molar-refractivity contribution in [2.45, 2.75) is 25.8 Å². The lowest BCUT2D eigenvalue weighted by Crippen LogP contribution is -2.52. The van der Waals surface area contributed by atoms with Crippen LogP contribution in [0.2, 0.25) is 0 Å². The Morgan fingerprint density at radius 3 is 2.67 bits per heavy atom. The number of nitrogens with zero attached hydrogens (tertiary/aromatic N) is 1. The Hall–Kier alpha value is 0.170. The van der Waals surface area contributed by atoms with Gasteiger partial charge < -0.3 is 10.6 Å². The van der Waals surface area contributed by atoms with Gasteiger partial charge in [0.15, 0.2) is 0 Å². The normalized spacial score (nSPS) is 33.4. The Balaban J connectivity index is 0.00000112. The van der Waals surface area contributed by atoms with E-state index in [1.165, 1.54) is 52.1 Å². The average Bonchev–Trinajstić information content (AvgIpc) is 2.23.